The molecule has 148 valence electrons. The van der Waals surface area contributed by atoms with Gasteiger partial charge in [-0.3, -0.25) is 4.79 Å². The van der Waals surface area contributed by atoms with Crippen molar-refractivity contribution in [2.45, 2.75) is 26.2 Å². The van der Waals surface area contributed by atoms with Gasteiger partial charge in [0.1, 0.15) is 24.8 Å². The van der Waals surface area contributed by atoms with Gasteiger partial charge in [-0.2, -0.15) is 0 Å². The molecular formula is C21H29FN2O3. The first-order chi connectivity index (χ1) is 13.0. The Bertz CT molecular complexity index is 667. The predicted octanol–water partition coefficient (Wildman–Crippen LogP) is 2.82. The number of ether oxygens (including phenoxy) is 2. The fourth-order valence-corrected chi connectivity index (χ4v) is 3.69. The quantitative estimate of drug-likeness (QED) is 0.766. The molecule has 2 aliphatic heterocycles. The van der Waals surface area contributed by atoms with E-state index >= 15 is 0 Å². The molecule has 5 nitrogen and oxygen atoms in total. The van der Waals surface area contributed by atoms with Crippen molar-refractivity contribution >= 4 is 5.91 Å². The van der Waals surface area contributed by atoms with Gasteiger partial charge in [-0.05, 0) is 62.9 Å². The van der Waals surface area contributed by atoms with Crippen molar-refractivity contribution < 1.29 is 18.7 Å². The molecule has 0 bridgehead atoms. The third kappa shape index (κ3) is 5.45. The molecule has 0 unspecified atom stereocenters. The zero-order valence-corrected chi connectivity index (χ0v) is 16.2. The highest BCUT2D eigenvalue weighted by atomic mass is 19.1. The molecule has 2 aliphatic rings. The van der Waals surface area contributed by atoms with Gasteiger partial charge >= 0.3 is 0 Å². The summed E-state index contributed by atoms with van der Waals surface area (Å²) in [6.45, 7) is 6.51. The molecule has 2 heterocycles. The highest BCUT2D eigenvalue weighted by Gasteiger charge is 2.26. The minimum absolute atomic E-state index is 0.0917. The molecule has 0 aliphatic carbocycles. The number of allylic oxidation sites excluding steroid dienone is 1. The van der Waals surface area contributed by atoms with E-state index in [0.717, 1.165) is 45.4 Å². The smallest absolute Gasteiger partial charge is 0.292 e. The summed E-state index contributed by atoms with van der Waals surface area (Å²) in [6.07, 6.45) is 3.10. The van der Waals surface area contributed by atoms with E-state index in [4.69, 9.17) is 9.47 Å². The first-order valence-corrected chi connectivity index (χ1v) is 9.71. The van der Waals surface area contributed by atoms with E-state index in [0.29, 0.717) is 30.6 Å². The fraction of sp³-hybridized carbons (Fsp3) is 0.571. The van der Waals surface area contributed by atoms with Crippen molar-refractivity contribution in [1.29, 1.82) is 0 Å². The van der Waals surface area contributed by atoms with Gasteiger partial charge in [-0.15, -0.1) is 0 Å². The molecule has 1 fully saturated rings. The number of halogens is 1. The van der Waals surface area contributed by atoms with Crippen LogP contribution in [0.4, 0.5) is 4.39 Å². The Morgan fingerprint density at radius 2 is 1.85 bits per heavy atom. The van der Waals surface area contributed by atoms with Gasteiger partial charge in [0.15, 0.2) is 0 Å². The van der Waals surface area contributed by atoms with Crippen LogP contribution in [0.15, 0.2) is 35.8 Å². The first-order valence-electron chi connectivity index (χ1n) is 9.71. The van der Waals surface area contributed by atoms with E-state index in [1.54, 1.807) is 11.8 Å². The Hall–Kier alpha value is -2.08. The zero-order valence-electron chi connectivity index (χ0n) is 16.2. The number of piperidine rings is 1. The lowest BCUT2D eigenvalue weighted by atomic mass is 9.96. The van der Waals surface area contributed by atoms with E-state index < -0.39 is 0 Å². The number of nitrogens with zero attached hydrogens (tertiary/aromatic N) is 2. The third-order valence-corrected chi connectivity index (χ3v) is 5.38. The van der Waals surface area contributed by atoms with E-state index in [2.05, 4.69) is 4.90 Å². The molecule has 0 radical (unpaired) electrons. The molecule has 6 heteroatoms. The molecule has 1 amide bonds. The van der Waals surface area contributed by atoms with Gasteiger partial charge in [-0.1, -0.05) is 12.1 Å². The van der Waals surface area contributed by atoms with Gasteiger partial charge in [0.25, 0.3) is 5.91 Å². The first kappa shape index (κ1) is 19.7. The second-order valence-corrected chi connectivity index (χ2v) is 7.43. The van der Waals surface area contributed by atoms with E-state index in [1.807, 2.05) is 19.2 Å². The maximum absolute atomic E-state index is 13.0. The summed E-state index contributed by atoms with van der Waals surface area (Å²) < 4.78 is 23.9. The van der Waals surface area contributed by atoms with Crippen molar-refractivity contribution in [3.8, 4) is 0 Å². The van der Waals surface area contributed by atoms with Crippen LogP contribution < -0.4 is 0 Å². The molecule has 27 heavy (non-hydrogen) atoms. The highest BCUT2D eigenvalue weighted by molar-refractivity contribution is 5.91. The SMILES string of the molecule is CC1=C(C(=O)N(C)CC2CCN(CCc3ccc(F)cc3)CC2)OCCO1. The van der Waals surface area contributed by atoms with Crippen LogP contribution >= 0.6 is 0 Å². The normalized spacial score (nSPS) is 18.8. The summed E-state index contributed by atoms with van der Waals surface area (Å²) >= 11 is 0. The van der Waals surface area contributed by atoms with E-state index in [9.17, 15) is 9.18 Å². The highest BCUT2D eigenvalue weighted by Crippen LogP contribution is 2.21. The van der Waals surface area contributed by atoms with Gasteiger partial charge in [0.2, 0.25) is 5.76 Å². The van der Waals surface area contributed by atoms with Crippen molar-refractivity contribution in [3.05, 3.63) is 47.2 Å². The number of rotatable bonds is 6. The Labute approximate surface area is 160 Å². The van der Waals surface area contributed by atoms with Crippen LogP contribution in [-0.4, -0.2) is 62.1 Å². The number of hydrogen-bond acceptors (Lipinski definition) is 4. The average molecular weight is 376 g/mol. The van der Waals surface area contributed by atoms with Crippen LogP contribution in [0.1, 0.15) is 25.3 Å². The zero-order chi connectivity index (χ0) is 19.2. The minimum atomic E-state index is -0.186. The molecule has 0 spiro atoms. The molecule has 1 aromatic carbocycles. The van der Waals surface area contributed by atoms with Crippen LogP contribution in [0.3, 0.4) is 0 Å². The summed E-state index contributed by atoms with van der Waals surface area (Å²) in [4.78, 5) is 16.8. The van der Waals surface area contributed by atoms with Crippen molar-refractivity contribution in [2.75, 3.05) is 46.4 Å². The molecule has 0 atom stereocenters. The Morgan fingerprint density at radius 3 is 2.52 bits per heavy atom. The number of likely N-dealkylation sites (N-methyl/N-ethyl adjacent to an activating group) is 1. The number of benzene rings is 1. The van der Waals surface area contributed by atoms with Crippen molar-refractivity contribution in [2.24, 2.45) is 5.92 Å². The number of likely N-dealkylation sites (tertiary alicyclic amines) is 1. The second-order valence-electron chi connectivity index (χ2n) is 7.43. The number of carbonyl (C=O) groups excluding carboxylic acids is 1. The van der Waals surface area contributed by atoms with E-state index in [-0.39, 0.29) is 11.7 Å². The Morgan fingerprint density at radius 1 is 1.19 bits per heavy atom. The summed E-state index contributed by atoms with van der Waals surface area (Å²) in [5.74, 6) is 1.15. The lowest BCUT2D eigenvalue weighted by molar-refractivity contribution is -0.132. The van der Waals surface area contributed by atoms with Gasteiger partial charge in [0.05, 0.1) is 0 Å². The summed E-state index contributed by atoms with van der Waals surface area (Å²) in [5, 5.41) is 0. The molecule has 0 aromatic heterocycles. The fourth-order valence-electron chi connectivity index (χ4n) is 3.69. The van der Waals surface area contributed by atoms with Gasteiger partial charge in [0, 0.05) is 20.1 Å². The second kappa shape index (κ2) is 9.22. The standard InChI is InChI=1S/C21H29FN2O3/c1-16-20(27-14-13-26-16)21(25)23(2)15-18-8-11-24(12-9-18)10-7-17-3-5-19(22)6-4-17/h3-6,18H,7-15H2,1-2H3. The van der Waals surface area contributed by atoms with Crippen LogP contribution in [-0.2, 0) is 20.7 Å². The molecule has 0 N–H and O–H groups in total. The van der Waals surface area contributed by atoms with Crippen LogP contribution in [0, 0.1) is 11.7 Å². The molecule has 3 rings (SSSR count). The number of carbonyl (C=O) groups is 1. The monoisotopic (exact) mass is 376 g/mol. The minimum Gasteiger partial charge on any atom is -0.491 e. The largest absolute Gasteiger partial charge is 0.491 e. The number of amides is 1. The van der Waals surface area contributed by atoms with Crippen molar-refractivity contribution in [3.63, 3.8) is 0 Å². The topological polar surface area (TPSA) is 42.0 Å². The Kier molecular flexibility index (Phi) is 6.72. The maximum Gasteiger partial charge on any atom is 0.292 e. The molecule has 0 saturated carbocycles. The molecule has 1 saturated heterocycles. The van der Waals surface area contributed by atoms with Gasteiger partial charge < -0.3 is 19.3 Å². The van der Waals surface area contributed by atoms with Crippen LogP contribution in [0.25, 0.3) is 0 Å². The van der Waals surface area contributed by atoms with Gasteiger partial charge in [-0.25, -0.2) is 4.39 Å². The number of hydrogen-bond donors (Lipinski definition) is 0. The molecular weight excluding hydrogens is 347 g/mol. The lowest BCUT2D eigenvalue weighted by Crippen LogP contribution is -2.41. The maximum atomic E-state index is 13.0. The summed E-state index contributed by atoms with van der Waals surface area (Å²) in [5.41, 5.74) is 1.17. The van der Waals surface area contributed by atoms with Crippen LogP contribution in [0.5, 0.6) is 0 Å². The lowest BCUT2D eigenvalue weighted by Gasteiger charge is -2.34. The predicted molar refractivity (Wildman–Crippen MR) is 102 cm³/mol. The average Bonchev–Trinajstić information content (AvgIpc) is 2.68. The summed E-state index contributed by atoms with van der Waals surface area (Å²) in [7, 11) is 1.83. The van der Waals surface area contributed by atoms with E-state index in [1.165, 1.54) is 17.7 Å². The summed E-state index contributed by atoms with van der Waals surface area (Å²) in [6, 6.07) is 6.76. The van der Waals surface area contributed by atoms with Crippen molar-refractivity contribution in [1.82, 2.24) is 9.80 Å². The molecule has 1 aromatic rings. The van der Waals surface area contributed by atoms with Crippen LogP contribution in [0.2, 0.25) is 0 Å². The Balaban J connectivity index is 1.41. The third-order valence-electron chi connectivity index (χ3n) is 5.38.